The van der Waals surface area contributed by atoms with Crippen molar-refractivity contribution in [2.45, 2.75) is 0 Å². The first-order valence-corrected chi connectivity index (χ1v) is 17.3. The number of para-hydroxylation sites is 3. The molecule has 0 amide bonds. The lowest BCUT2D eigenvalue weighted by Gasteiger charge is -2.14. The molecule has 0 unspecified atom stereocenters. The van der Waals surface area contributed by atoms with Gasteiger partial charge in [-0.3, -0.25) is 0 Å². The van der Waals surface area contributed by atoms with Gasteiger partial charge < -0.3 is 9.13 Å². The van der Waals surface area contributed by atoms with Crippen LogP contribution < -0.4 is 0 Å². The minimum atomic E-state index is 1.17. The Balaban J connectivity index is 1.24. The van der Waals surface area contributed by atoms with Gasteiger partial charge in [0.25, 0.3) is 0 Å². The highest BCUT2D eigenvalue weighted by molar-refractivity contribution is 6.33. The van der Waals surface area contributed by atoms with Crippen molar-refractivity contribution in [1.29, 1.82) is 0 Å². The van der Waals surface area contributed by atoms with Crippen LogP contribution in [0.3, 0.4) is 0 Å². The van der Waals surface area contributed by atoms with E-state index in [0.29, 0.717) is 0 Å². The molecule has 0 saturated carbocycles. The van der Waals surface area contributed by atoms with Crippen molar-refractivity contribution in [2.24, 2.45) is 0 Å². The topological polar surface area (TPSA) is 9.86 Å². The van der Waals surface area contributed by atoms with Crippen LogP contribution in [0.25, 0.3) is 98.4 Å². The maximum Gasteiger partial charge on any atom is 0.0625 e. The third-order valence-corrected chi connectivity index (χ3v) is 10.7. The van der Waals surface area contributed by atoms with E-state index in [1.165, 1.54) is 98.4 Å². The van der Waals surface area contributed by atoms with Crippen molar-refractivity contribution in [1.82, 2.24) is 9.13 Å². The first kappa shape index (κ1) is 27.3. The second kappa shape index (κ2) is 10.4. The zero-order valence-electron chi connectivity index (χ0n) is 27.2. The summed E-state index contributed by atoms with van der Waals surface area (Å²) in [7, 11) is 0. The fourth-order valence-electron chi connectivity index (χ4n) is 8.52. The Morgan fingerprint density at radius 3 is 1.44 bits per heavy atom. The number of aromatic nitrogens is 2. The number of benzene rings is 9. The molecular formula is C48H30N2. The quantitative estimate of drug-likeness (QED) is 0.171. The van der Waals surface area contributed by atoms with E-state index in [2.05, 4.69) is 191 Å². The molecule has 2 aromatic heterocycles. The molecule has 0 atom stereocenters. The highest BCUT2D eigenvalue weighted by Crippen LogP contribution is 2.44. The summed E-state index contributed by atoms with van der Waals surface area (Å²) >= 11 is 0. The van der Waals surface area contributed by atoms with Gasteiger partial charge in [0.1, 0.15) is 0 Å². The molecule has 50 heavy (non-hydrogen) atoms. The van der Waals surface area contributed by atoms with E-state index in [1.807, 2.05) is 0 Å². The van der Waals surface area contributed by atoms with Gasteiger partial charge in [-0.05, 0) is 86.6 Å². The Labute approximate surface area is 288 Å². The monoisotopic (exact) mass is 634 g/mol. The smallest absolute Gasteiger partial charge is 0.0625 e. The molecule has 0 fully saturated rings. The highest BCUT2D eigenvalue weighted by Gasteiger charge is 2.20. The van der Waals surface area contributed by atoms with Crippen LogP contribution in [0.15, 0.2) is 182 Å². The Hall–Kier alpha value is -6.64. The van der Waals surface area contributed by atoms with E-state index >= 15 is 0 Å². The van der Waals surface area contributed by atoms with Crippen LogP contribution in [-0.4, -0.2) is 9.13 Å². The first-order chi connectivity index (χ1) is 24.8. The largest absolute Gasteiger partial charge is 0.309 e. The summed E-state index contributed by atoms with van der Waals surface area (Å²) < 4.78 is 4.88. The van der Waals surface area contributed by atoms with Crippen molar-refractivity contribution in [3.8, 4) is 22.5 Å². The molecular weight excluding hydrogens is 605 g/mol. The molecule has 2 heteroatoms. The molecule has 0 N–H and O–H groups in total. The number of hydrogen-bond acceptors (Lipinski definition) is 0. The molecule has 0 spiro atoms. The average Bonchev–Trinajstić information content (AvgIpc) is 3.71. The highest BCUT2D eigenvalue weighted by atomic mass is 15.0. The lowest BCUT2D eigenvalue weighted by Crippen LogP contribution is -1.95. The van der Waals surface area contributed by atoms with E-state index in [9.17, 15) is 0 Å². The van der Waals surface area contributed by atoms with Crippen molar-refractivity contribution >= 4 is 75.9 Å². The summed E-state index contributed by atoms with van der Waals surface area (Å²) in [4.78, 5) is 0. The molecule has 0 radical (unpaired) electrons. The molecule has 0 aliphatic heterocycles. The summed E-state index contributed by atoms with van der Waals surface area (Å²) in [6.45, 7) is 0. The number of fused-ring (bicyclic) bond motifs is 13. The maximum atomic E-state index is 2.48. The van der Waals surface area contributed by atoms with Crippen molar-refractivity contribution in [2.75, 3.05) is 0 Å². The Kier molecular flexibility index (Phi) is 5.70. The van der Waals surface area contributed by atoms with Gasteiger partial charge in [0, 0.05) is 38.3 Å². The van der Waals surface area contributed by atoms with Gasteiger partial charge in [0.2, 0.25) is 0 Å². The van der Waals surface area contributed by atoms with E-state index < -0.39 is 0 Å². The van der Waals surface area contributed by atoms with Gasteiger partial charge in [-0.1, -0.05) is 133 Å². The number of nitrogens with zero attached hydrogens (tertiary/aromatic N) is 2. The normalized spacial score (nSPS) is 12.0. The molecule has 11 aromatic rings. The van der Waals surface area contributed by atoms with Crippen molar-refractivity contribution in [3.63, 3.8) is 0 Å². The Morgan fingerprint density at radius 1 is 0.260 bits per heavy atom. The fraction of sp³-hybridized carbons (Fsp3) is 0. The third kappa shape index (κ3) is 3.79. The van der Waals surface area contributed by atoms with Crippen LogP contribution in [0.5, 0.6) is 0 Å². The average molecular weight is 635 g/mol. The van der Waals surface area contributed by atoms with Crippen LogP contribution in [0.2, 0.25) is 0 Å². The second-order valence-electron chi connectivity index (χ2n) is 13.3. The molecule has 2 heterocycles. The third-order valence-electron chi connectivity index (χ3n) is 10.7. The molecule has 9 aromatic carbocycles. The van der Waals surface area contributed by atoms with Gasteiger partial charge in [0.15, 0.2) is 0 Å². The zero-order chi connectivity index (χ0) is 32.8. The summed E-state index contributed by atoms with van der Waals surface area (Å²) in [6, 6.07) is 66.7. The summed E-state index contributed by atoms with van der Waals surface area (Å²) in [6.07, 6.45) is 0. The lowest BCUT2D eigenvalue weighted by molar-refractivity contribution is 1.18. The van der Waals surface area contributed by atoms with Gasteiger partial charge in [-0.2, -0.15) is 0 Å². The molecule has 0 saturated heterocycles. The van der Waals surface area contributed by atoms with Crippen LogP contribution in [0.4, 0.5) is 0 Å². The van der Waals surface area contributed by atoms with Crippen LogP contribution >= 0.6 is 0 Å². The lowest BCUT2D eigenvalue weighted by atomic mass is 9.92. The van der Waals surface area contributed by atoms with Crippen LogP contribution in [0, 0.1) is 0 Å². The predicted octanol–water partition coefficient (Wildman–Crippen LogP) is 13.0. The van der Waals surface area contributed by atoms with Crippen LogP contribution in [-0.2, 0) is 0 Å². The van der Waals surface area contributed by atoms with Gasteiger partial charge in [-0.15, -0.1) is 0 Å². The molecule has 0 aliphatic rings. The van der Waals surface area contributed by atoms with Crippen LogP contribution in [0.1, 0.15) is 0 Å². The Bertz CT molecular complexity index is 3090. The molecule has 232 valence electrons. The second-order valence-corrected chi connectivity index (χ2v) is 13.3. The van der Waals surface area contributed by atoms with Gasteiger partial charge >= 0.3 is 0 Å². The SMILES string of the molecule is c1ccc(-n2c3ccccc3c3ccc(-c4ccc5c(c4)c4ccc6c7ccccc7c7ccccc7c6c4n5-c4ccccc4)cc32)cc1. The minimum Gasteiger partial charge on any atom is -0.309 e. The van der Waals surface area contributed by atoms with Crippen molar-refractivity contribution < 1.29 is 0 Å². The zero-order valence-corrected chi connectivity index (χ0v) is 27.2. The summed E-state index contributed by atoms with van der Waals surface area (Å²) in [5.41, 5.74) is 9.64. The predicted molar refractivity (Wildman–Crippen MR) is 213 cm³/mol. The first-order valence-electron chi connectivity index (χ1n) is 17.3. The van der Waals surface area contributed by atoms with Crippen molar-refractivity contribution in [3.05, 3.63) is 182 Å². The maximum absolute atomic E-state index is 2.48. The van der Waals surface area contributed by atoms with Gasteiger partial charge in [-0.25, -0.2) is 0 Å². The molecule has 0 aliphatic carbocycles. The van der Waals surface area contributed by atoms with Gasteiger partial charge in [0.05, 0.1) is 22.1 Å². The Morgan fingerprint density at radius 2 is 0.720 bits per heavy atom. The standard InChI is InChI=1S/C48H30N2/c1-3-13-33(14-4-1)49-44-22-12-11-20-38(44)39-25-23-32(30-46(39)49)31-24-28-45-43(29-31)42-27-26-41-37-19-8-7-17-35(37)36-18-9-10-21-40(36)47(41)48(42)50(45)34-15-5-2-6-16-34/h1-30H. The number of hydrogen-bond donors (Lipinski definition) is 0. The summed E-state index contributed by atoms with van der Waals surface area (Å²) in [5, 5.41) is 12.8. The minimum absolute atomic E-state index is 1.17. The molecule has 0 bridgehead atoms. The number of rotatable bonds is 3. The van der Waals surface area contributed by atoms with E-state index in [1.54, 1.807) is 0 Å². The summed E-state index contributed by atoms with van der Waals surface area (Å²) in [5.74, 6) is 0. The van der Waals surface area contributed by atoms with E-state index in [-0.39, 0.29) is 0 Å². The van der Waals surface area contributed by atoms with E-state index in [4.69, 9.17) is 0 Å². The molecule has 11 rings (SSSR count). The molecule has 2 nitrogen and oxygen atoms in total. The van der Waals surface area contributed by atoms with E-state index in [0.717, 1.165) is 0 Å². The fourth-order valence-corrected chi connectivity index (χ4v) is 8.52.